The van der Waals surface area contributed by atoms with Crippen molar-refractivity contribution in [1.82, 2.24) is 10.3 Å². The van der Waals surface area contributed by atoms with Crippen molar-refractivity contribution in [3.8, 4) is 5.75 Å². The first kappa shape index (κ1) is 14.9. The molecular weight excluding hydrogens is 275 g/mol. The third kappa shape index (κ3) is 3.35. The van der Waals surface area contributed by atoms with E-state index in [9.17, 15) is 4.39 Å². The third-order valence-corrected chi connectivity index (χ3v) is 4.32. The molecule has 0 fully saturated rings. The topological polar surface area (TPSA) is 34.1 Å². The molecule has 1 N–H and O–H groups in total. The smallest absolute Gasteiger partial charge is 0.131 e. The fraction of sp³-hybridized carbons (Fsp3) is 0.400. The zero-order valence-electron chi connectivity index (χ0n) is 12.2. The lowest BCUT2D eigenvalue weighted by Gasteiger charge is -2.15. The molecule has 2 rings (SSSR count). The van der Waals surface area contributed by atoms with Gasteiger partial charge in [-0.2, -0.15) is 0 Å². The first-order valence-corrected chi connectivity index (χ1v) is 7.32. The molecule has 0 radical (unpaired) electrons. The fourth-order valence-electron chi connectivity index (χ4n) is 2.08. The van der Waals surface area contributed by atoms with E-state index in [1.165, 1.54) is 18.1 Å². The predicted molar refractivity (Wildman–Crippen MR) is 79.8 cm³/mol. The highest BCUT2D eigenvalue weighted by atomic mass is 32.1. The number of hydrogen-bond acceptors (Lipinski definition) is 4. The summed E-state index contributed by atoms with van der Waals surface area (Å²) in [5.41, 5.74) is 1.69. The van der Waals surface area contributed by atoms with Gasteiger partial charge in [0.2, 0.25) is 0 Å². The van der Waals surface area contributed by atoms with Crippen molar-refractivity contribution >= 4 is 11.3 Å². The third-order valence-electron chi connectivity index (χ3n) is 3.24. The summed E-state index contributed by atoms with van der Waals surface area (Å²) in [4.78, 5) is 5.59. The van der Waals surface area contributed by atoms with Crippen LogP contribution in [0.5, 0.6) is 5.75 Å². The van der Waals surface area contributed by atoms with Crippen LogP contribution < -0.4 is 10.1 Å². The van der Waals surface area contributed by atoms with Crippen LogP contribution in [0.4, 0.5) is 4.39 Å². The molecule has 1 unspecified atom stereocenters. The standard InChI is InChI=1S/C15H19FN2OS/c1-9(13-6-5-12(19-4)7-14(13)16)17-8-15-10(2)18-11(3)20-15/h5-7,9,17H,8H2,1-4H3. The molecule has 1 heterocycles. The Labute approximate surface area is 122 Å². The summed E-state index contributed by atoms with van der Waals surface area (Å²) in [7, 11) is 1.53. The van der Waals surface area contributed by atoms with Crippen LogP contribution in [0.2, 0.25) is 0 Å². The van der Waals surface area contributed by atoms with Crippen LogP contribution in [-0.2, 0) is 6.54 Å². The molecule has 0 bridgehead atoms. The second-order valence-corrected chi connectivity index (χ2v) is 6.02. The van der Waals surface area contributed by atoms with Gasteiger partial charge in [0.25, 0.3) is 0 Å². The summed E-state index contributed by atoms with van der Waals surface area (Å²) in [6.45, 7) is 6.64. The van der Waals surface area contributed by atoms with Gasteiger partial charge in [-0.05, 0) is 26.8 Å². The summed E-state index contributed by atoms with van der Waals surface area (Å²) in [6, 6.07) is 4.88. The summed E-state index contributed by atoms with van der Waals surface area (Å²) in [5.74, 6) is 0.286. The van der Waals surface area contributed by atoms with Crippen LogP contribution in [0.15, 0.2) is 18.2 Å². The Morgan fingerprint density at radius 2 is 2.15 bits per heavy atom. The van der Waals surface area contributed by atoms with Crippen molar-refractivity contribution in [2.75, 3.05) is 7.11 Å². The maximum atomic E-state index is 14.0. The van der Waals surface area contributed by atoms with Gasteiger partial charge in [-0.25, -0.2) is 9.37 Å². The minimum absolute atomic E-state index is 0.0669. The molecule has 2 aromatic rings. The summed E-state index contributed by atoms with van der Waals surface area (Å²) in [5, 5.41) is 4.40. The van der Waals surface area contributed by atoms with Crippen LogP contribution >= 0.6 is 11.3 Å². The maximum absolute atomic E-state index is 14.0. The SMILES string of the molecule is COc1ccc(C(C)NCc2sc(C)nc2C)c(F)c1. The molecule has 0 aliphatic rings. The van der Waals surface area contributed by atoms with Crippen molar-refractivity contribution in [2.24, 2.45) is 0 Å². The van der Waals surface area contributed by atoms with Crippen LogP contribution in [0.25, 0.3) is 0 Å². The van der Waals surface area contributed by atoms with E-state index in [4.69, 9.17) is 4.74 Å². The normalized spacial score (nSPS) is 12.4. The Kier molecular flexibility index (Phi) is 4.73. The minimum atomic E-state index is -0.249. The number of nitrogens with zero attached hydrogens (tertiary/aromatic N) is 1. The molecule has 1 aromatic carbocycles. The predicted octanol–water partition coefficient (Wildman–Crippen LogP) is 3.76. The molecule has 5 heteroatoms. The van der Waals surface area contributed by atoms with Gasteiger partial charge < -0.3 is 10.1 Å². The number of benzene rings is 1. The monoisotopic (exact) mass is 294 g/mol. The van der Waals surface area contributed by atoms with Crippen LogP contribution in [-0.4, -0.2) is 12.1 Å². The number of ether oxygens (including phenoxy) is 1. The highest BCUT2D eigenvalue weighted by molar-refractivity contribution is 7.11. The van der Waals surface area contributed by atoms with E-state index in [2.05, 4.69) is 10.3 Å². The highest BCUT2D eigenvalue weighted by Crippen LogP contribution is 2.23. The molecule has 0 aliphatic heterocycles. The van der Waals surface area contributed by atoms with E-state index in [0.717, 1.165) is 10.7 Å². The second-order valence-electron chi connectivity index (χ2n) is 4.73. The Balaban J connectivity index is 2.05. The molecule has 1 aromatic heterocycles. The van der Waals surface area contributed by atoms with Gasteiger partial charge in [-0.3, -0.25) is 0 Å². The van der Waals surface area contributed by atoms with E-state index in [0.29, 0.717) is 17.9 Å². The lowest BCUT2D eigenvalue weighted by Crippen LogP contribution is -2.19. The number of aromatic nitrogens is 1. The summed E-state index contributed by atoms with van der Waals surface area (Å²) in [6.07, 6.45) is 0. The van der Waals surface area contributed by atoms with E-state index in [1.807, 2.05) is 20.8 Å². The van der Waals surface area contributed by atoms with Crippen molar-refractivity contribution in [2.45, 2.75) is 33.4 Å². The number of methoxy groups -OCH3 is 1. The zero-order chi connectivity index (χ0) is 14.7. The Bertz CT molecular complexity index is 598. The number of hydrogen-bond donors (Lipinski definition) is 1. The summed E-state index contributed by atoms with van der Waals surface area (Å²) >= 11 is 1.67. The molecular formula is C15H19FN2OS. The van der Waals surface area contributed by atoms with Crippen LogP contribution in [0.1, 0.15) is 34.1 Å². The maximum Gasteiger partial charge on any atom is 0.131 e. The van der Waals surface area contributed by atoms with Crippen LogP contribution in [0, 0.1) is 19.7 Å². The van der Waals surface area contributed by atoms with Gasteiger partial charge in [-0.15, -0.1) is 11.3 Å². The van der Waals surface area contributed by atoms with Crippen molar-refractivity contribution in [3.63, 3.8) is 0 Å². The average molecular weight is 294 g/mol. The zero-order valence-corrected chi connectivity index (χ0v) is 13.0. The van der Waals surface area contributed by atoms with E-state index in [-0.39, 0.29) is 11.9 Å². The van der Waals surface area contributed by atoms with Gasteiger partial charge in [-0.1, -0.05) is 6.07 Å². The molecule has 1 atom stereocenters. The minimum Gasteiger partial charge on any atom is -0.497 e. The van der Waals surface area contributed by atoms with Gasteiger partial charge in [0.1, 0.15) is 11.6 Å². The van der Waals surface area contributed by atoms with E-state index >= 15 is 0 Å². The van der Waals surface area contributed by atoms with Crippen molar-refractivity contribution < 1.29 is 9.13 Å². The Morgan fingerprint density at radius 1 is 1.40 bits per heavy atom. The molecule has 0 saturated carbocycles. The quantitative estimate of drug-likeness (QED) is 0.911. The van der Waals surface area contributed by atoms with Gasteiger partial charge in [0.15, 0.2) is 0 Å². The van der Waals surface area contributed by atoms with E-state index in [1.54, 1.807) is 23.5 Å². The highest BCUT2D eigenvalue weighted by Gasteiger charge is 2.13. The molecule has 3 nitrogen and oxygen atoms in total. The molecule has 0 spiro atoms. The lowest BCUT2D eigenvalue weighted by molar-refractivity contribution is 0.409. The number of aryl methyl sites for hydroxylation is 2. The molecule has 0 saturated heterocycles. The molecule has 108 valence electrons. The Morgan fingerprint density at radius 3 is 2.70 bits per heavy atom. The van der Waals surface area contributed by atoms with Gasteiger partial charge in [0.05, 0.1) is 17.8 Å². The van der Waals surface area contributed by atoms with Crippen molar-refractivity contribution in [3.05, 3.63) is 45.2 Å². The van der Waals surface area contributed by atoms with Crippen LogP contribution in [0.3, 0.4) is 0 Å². The number of thiazole rings is 1. The fourth-order valence-corrected chi connectivity index (χ4v) is 2.97. The summed E-state index contributed by atoms with van der Waals surface area (Å²) < 4.78 is 19.0. The second kappa shape index (κ2) is 6.33. The number of nitrogens with one attached hydrogen (secondary N) is 1. The van der Waals surface area contributed by atoms with E-state index < -0.39 is 0 Å². The van der Waals surface area contributed by atoms with Crippen molar-refractivity contribution in [1.29, 1.82) is 0 Å². The number of rotatable bonds is 5. The molecule has 20 heavy (non-hydrogen) atoms. The van der Waals surface area contributed by atoms with Gasteiger partial charge in [0, 0.05) is 29.1 Å². The largest absolute Gasteiger partial charge is 0.497 e. The molecule has 0 aliphatic carbocycles. The Hall–Kier alpha value is -1.46. The molecule has 0 amide bonds. The lowest BCUT2D eigenvalue weighted by atomic mass is 10.1. The number of halogens is 1. The average Bonchev–Trinajstić information content (AvgIpc) is 2.74. The first-order chi connectivity index (χ1) is 9.51. The van der Waals surface area contributed by atoms with Gasteiger partial charge >= 0.3 is 0 Å². The first-order valence-electron chi connectivity index (χ1n) is 6.51.